The summed E-state index contributed by atoms with van der Waals surface area (Å²) in [5.41, 5.74) is 0.0105. The number of Topliss-reactive ketones (excluding diaryl/α,β-unsaturated/α-hetero) is 1. The second kappa shape index (κ2) is 6.40. The maximum absolute atomic E-state index is 12.5. The molecule has 1 aliphatic rings. The number of hydrogen-bond acceptors (Lipinski definition) is 4. The van der Waals surface area contributed by atoms with Crippen molar-refractivity contribution in [3.63, 3.8) is 0 Å². The Hall–Kier alpha value is -2.37. The molecule has 6 heteroatoms. The number of ketones is 1. The third-order valence-electron chi connectivity index (χ3n) is 3.71. The molecule has 1 aromatic rings. The minimum Gasteiger partial charge on any atom is -0.481 e. The fourth-order valence-corrected chi connectivity index (χ4v) is 2.55. The van der Waals surface area contributed by atoms with Gasteiger partial charge in [0.1, 0.15) is 5.75 Å². The van der Waals surface area contributed by atoms with E-state index in [0.717, 1.165) is 6.42 Å². The highest BCUT2D eigenvalue weighted by molar-refractivity contribution is 6.04. The number of benzene rings is 1. The van der Waals surface area contributed by atoms with E-state index in [2.05, 4.69) is 0 Å². The fraction of sp³-hybridized carbons (Fsp3) is 0.471. The molecule has 0 saturated carbocycles. The minimum absolute atomic E-state index is 0.0673. The van der Waals surface area contributed by atoms with Crippen molar-refractivity contribution in [2.45, 2.75) is 45.6 Å². The molecule has 0 aliphatic carbocycles. The number of carbonyl (C=O) groups is 3. The van der Waals surface area contributed by atoms with Gasteiger partial charge in [-0.1, -0.05) is 6.92 Å². The van der Waals surface area contributed by atoms with Crippen LogP contribution in [0.1, 0.15) is 50.4 Å². The Morgan fingerprint density at radius 1 is 1.26 bits per heavy atom. The zero-order chi connectivity index (χ0) is 17.2. The Morgan fingerprint density at radius 3 is 2.57 bits per heavy atom. The first-order chi connectivity index (χ1) is 10.8. The minimum atomic E-state index is -1.01. The molecule has 6 nitrogen and oxygen atoms in total. The molecule has 1 aromatic carbocycles. The maximum atomic E-state index is 12.5. The number of amides is 1. The van der Waals surface area contributed by atoms with Gasteiger partial charge >= 0.3 is 5.97 Å². The molecule has 0 spiro atoms. The number of fused-ring (bicyclic) bond motifs is 1. The fourth-order valence-electron chi connectivity index (χ4n) is 2.55. The lowest BCUT2D eigenvalue weighted by Gasteiger charge is -2.38. The Balaban J connectivity index is 2.35. The number of carboxylic acids is 1. The summed E-state index contributed by atoms with van der Waals surface area (Å²) in [6, 6.07) is 4.89. The molecule has 124 valence electrons. The molecule has 0 bridgehead atoms. The van der Waals surface area contributed by atoms with Crippen LogP contribution in [-0.4, -0.2) is 34.9 Å². The summed E-state index contributed by atoms with van der Waals surface area (Å²) in [6.45, 7) is 5.93. The molecule has 23 heavy (non-hydrogen) atoms. The Kier molecular flexibility index (Phi) is 4.73. The lowest BCUT2D eigenvalue weighted by atomic mass is 10.0. The second-order valence-electron chi connectivity index (χ2n) is 6.07. The van der Waals surface area contributed by atoms with Crippen molar-refractivity contribution in [2.24, 2.45) is 0 Å². The highest BCUT2D eigenvalue weighted by Crippen LogP contribution is 2.38. The van der Waals surface area contributed by atoms with Crippen LogP contribution in [0.25, 0.3) is 0 Å². The van der Waals surface area contributed by atoms with E-state index in [4.69, 9.17) is 9.84 Å². The maximum Gasteiger partial charge on any atom is 0.303 e. The van der Waals surface area contributed by atoms with Gasteiger partial charge in [-0.2, -0.15) is 0 Å². The summed E-state index contributed by atoms with van der Waals surface area (Å²) in [4.78, 5) is 36.9. The molecule has 1 N–H and O–H groups in total. The highest BCUT2D eigenvalue weighted by Gasteiger charge is 2.40. The van der Waals surface area contributed by atoms with Gasteiger partial charge in [0.2, 0.25) is 0 Å². The molecule has 2 rings (SSSR count). The summed E-state index contributed by atoms with van der Waals surface area (Å²) in [5.74, 6) is -0.868. The average Bonchev–Trinajstić information content (AvgIpc) is 2.49. The van der Waals surface area contributed by atoms with Crippen molar-refractivity contribution >= 4 is 23.3 Å². The van der Waals surface area contributed by atoms with Crippen LogP contribution in [0, 0.1) is 0 Å². The van der Waals surface area contributed by atoms with Crippen LogP contribution >= 0.6 is 0 Å². The SMILES string of the molecule is CCCN1C(=O)C(C)(C)Oc2ccc(C(=O)CCC(=O)O)cc21. The molecule has 1 aliphatic heterocycles. The van der Waals surface area contributed by atoms with Crippen molar-refractivity contribution in [2.75, 3.05) is 11.4 Å². The molecule has 0 saturated heterocycles. The van der Waals surface area contributed by atoms with Gasteiger partial charge in [-0.3, -0.25) is 14.4 Å². The molecule has 0 aromatic heterocycles. The van der Waals surface area contributed by atoms with Crippen LogP contribution in [-0.2, 0) is 9.59 Å². The van der Waals surface area contributed by atoms with Crippen LogP contribution < -0.4 is 9.64 Å². The van der Waals surface area contributed by atoms with Gasteiger partial charge in [-0.25, -0.2) is 0 Å². The largest absolute Gasteiger partial charge is 0.481 e. The lowest BCUT2D eigenvalue weighted by molar-refractivity contribution is -0.137. The molecular weight excluding hydrogens is 298 g/mol. The third kappa shape index (κ3) is 3.52. The topological polar surface area (TPSA) is 83.9 Å². The monoisotopic (exact) mass is 319 g/mol. The first-order valence-corrected chi connectivity index (χ1v) is 7.66. The number of carbonyl (C=O) groups excluding carboxylic acids is 2. The standard InChI is InChI=1S/C17H21NO5/c1-4-9-18-12-10-11(13(19)6-8-15(20)21)5-7-14(12)23-17(2,3)16(18)22/h5,7,10H,4,6,8-9H2,1-3H3,(H,20,21). The van der Waals surface area contributed by atoms with Crippen LogP contribution in [0.5, 0.6) is 5.75 Å². The second-order valence-corrected chi connectivity index (χ2v) is 6.07. The van der Waals surface area contributed by atoms with Crippen molar-refractivity contribution in [1.82, 2.24) is 0 Å². The molecule has 0 unspecified atom stereocenters. The van der Waals surface area contributed by atoms with Crippen LogP contribution in [0.4, 0.5) is 5.69 Å². The van der Waals surface area contributed by atoms with E-state index >= 15 is 0 Å². The van der Waals surface area contributed by atoms with E-state index in [1.54, 1.807) is 36.9 Å². The Labute approximate surface area is 135 Å². The van der Waals surface area contributed by atoms with E-state index in [1.165, 1.54) is 0 Å². The van der Waals surface area contributed by atoms with E-state index in [0.29, 0.717) is 23.5 Å². The summed E-state index contributed by atoms with van der Waals surface area (Å²) in [7, 11) is 0. The van der Waals surface area contributed by atoms with Crippen molar-refractivity contribution in [3.05, 3.63) is 23.8 Å². The first-order valence-electron chi connectivity index (χ1n) is 7.66. The normalized spacial score (nSPS) is 15.8. The van der Waals surface area contributed by atoms with Gasteiger partial charge in [-0.05, 0) is 38.5 Å². The third-order valence-corrected chi connectivity index (χ3v) is 3.71. The van der Waals surface area contributed by atoms with Gasteiger partial charge in [-0.15, -0.1) is 0 Å². The number of carboxylic acid groups (broad SMARTS) is 1. The molecule has 1 heterocycles. The Morgan fingerprint density at radius 2 is 1.96 bits per heavy atom. The number of rotatable bonds is 6. The van der Waals surface area contributed by atoms with E-state index in [-0.39, 0.29) is 24.5 Å². The molecule has 0 fully saturated rings. The van der Waals surface area contributed by atoms with Gasteiger partial charge in [0, 0.05) is 18.5 Å². The molecule has 0 radical (unpaired) electrons. The lowest BCUT2D eigenvalue weighted by Crippen LogP contribution is -2.52. The predicted molar refractivity (Wildman–Crippen MR) is 85.0 cm³/mol. The predicted octanol–water partition coefficient (Wildman–Crippen LogP) is 2.65. The zero-order valence-electron chi connectivity index (χ0n) is 13.6. The van der Waals surface area contributed by atoms with Crippen LogP contribution in [0.15, 0.2) is 18.2 Å². The van der Waals surface area contributed by atoms with Gasteiger partial charge in [0.15, 0.2) is 11.4 Å². The number of anilines is 1. The highest BCUT2D eigenvalue weighted by atomic mass is 16.5. The summed E-state index contributed by atoms with van der Waals surface area (Å²) in [5, 5.41) is 8.68. The number of aliphatic carboxylic acids is 1. The first kappa shape index (κ1) is 17.0. The molecule has 1 amide bonds. The smallest absolute Gasteiger partial charge is 0.303 e. The molecular formula is C17H21NO5. The van der Waals surface area contributed by atoms with Crippen molar-refractivity contribution < 1.29 is 24.2 Å². The quantitative estimate of drug-likeness (QED) is 0.815. The summed E-state index contributed by atoms with van der Waals surface area (Å²) < 4.78 is 5.74. The summed E-state index contributed by atoms with van der Waals surface area (Å²) >= 11 is 0. The van der Waals surface area contributed by atoms with Gasteiger partial charge in [0.05, 0.1) is 12.1 Å². The van der Waals surface area contributed by atoms with E-state index < -0.39 is 11.6 Å². The number of hydrogen-bond donors (Lipinski definition) is 1. The van der Waals surface area contributed by atoms with Gasteiger partial charge in [0.25, 0.3) is 5.91 Å². The molecule has 0 atom stereocenters. The van der Waals surface area contributed by atoms with Crippen LogP contribution in [0.2, 0.25) is 0 Å². The number of nitrogens with zero attached hydrogens (tertiary/aromatic N) is 1. The van der Waals surface area contributed by atoms with Crippen molar-refractivity contribution in [1.29, 1.82) is 0 Å². The summed E-state index contributed by atoms with van der Waals surface area (Å²) in [6.07, 6.45) is 0.498. The average molecular weight is 319 g/mol. The number of ether oxygens (including phenoxy) is 1. The zero-order valence-corrected chi connectivity index (χ0v) is 13.6. The Bertz CT molecular complexity index is 650. The van der Waals surface area contributed by atoms with Gasteiger partial charge < -0.3 is 14.7 Å². The van der Waals surface area contributed by atoms with Crippen molar-refractivity contribution in [3.8, 4) is 5.75 Å². The van der Waals surface area contributed by atoms with E-state index in [1.807, 2.05) is 6.92 Å². The van der Waals surface area contributed by atoms with Crippen LogP contribution in [0.3, 0.4) is 0 Å². The van der Waals surface area contributed by atoms with E-state index in [9.17, 15) is 14.4 Å².